The number of nitrogens with zero attached hydrogens (tertiary/aromatic N) is 1. The summed E-state index contributed by atoms with van der Waals surface area (Å²) < 4.78 is 88.5. The number of allylic oxidation sites excluding steroid dienone is 1. The summed E-state index contributed by atoms with van der Waals surface area (Å²) in [4.78, 5) is 10.5. The van der Waals surface area contributed by atoms with Crippen LogP contribution in [0.1, 0.15) is 36.5 Å². The van der Waals surface area contributed by atoms with Crippen LogP contribution in [-0.2, 0) is 21.0 Å². The molecule has 39 heavy (non-hydrogen) atoms. The van der Waals surface area contributed by atoms with Gasteiger partial charge in [-0.2, -0.15) is 13.2 Å². The number of sulfonamides is 1. The van der Waals surface area contributed by atoms with Crippen LogP contribution in [0, 0.1) is 5.82 Å². The van der Waals surface area contributed by atoms with Gasteiger partial charge in [0.25, 0.3) is 10.0 Å². The molecule has 0 fully saturated rings. The number of carboxylic acid groups (broad SMARTS) is 1. The minimum Gasteiger partial charge on any atom is -0.486 e. The van der Waals surface area contributed by atoms with Crippen molar-refractivity contribution < 1.29 is 40.6 Å². The predicted octanol–water partition coefficient (Wildman–Crippen LogP) is 6.88. The van der Waals surface area contributed by atoms with Crippen molar-refractivity contribution in [3.8, 4) is 5.75 Å². The summed E-state index contributed by atoms with van der Waals surface area (Å²) >= 11 is 6.13. The van der Waals surface area contributed by atoms with Crippen LogP contribution >= 0.6 is 11.6 Å². The highest BCUT2D eigenvalue weighted by Gasteiger charge is 2.37. The first kappa shape index (κ1) is 28.4. The second-order valence-corrected chi connectivity index (χ2v) is 11.1. The van der Waals surface area contributed by atoms with Crippen LogP contribution in [0.25, 0.3) is 11.6 Å². The molecule has 4 rings (SSSR count). The van der Waals surface area contributed by atoms with Crippen molar-refractivity contribution >= 4 is 44.9 Å². The molecule has 12 heteroatoms. The summed E-state index contributed by atoms with van der Waals surface area (Å²) in [6.45, 7) is 1.33. The predicted molar refractivity (Wildman–Crippen MR) is 139 cm³/mol. The molecular weight excluding hydrogens is 562 g/mol. The number of aliphatic carboxylic acids is 1. The van der Waals surface area contributed by atoms with Crippen molar-refractivity contribution in [1.29, 1.82) is 0 Å². The Morgan fingerprint density at radius 3 is 2.54 bits per heavy atom. The minimum atomic E-state index is -4.76. The summed E-state index contributed by atoms with van der Waals surface area (Å²) in [5.41, 5.74) is 0.0459. The molecule has 0 radical (unpaired) electrons. The lowest BCUT2D eigenvalue weighted by Crippen LogP contribution is -2.43. The maximum Gasteiger partial charge on any atom is 0.416 e. The summed E-state index contributed by atoms with van der Waals surface area (Å²) in [6, 6.07) is 12.1. The smallest absolute Gasteiger partial charge is 0.416 e. The highest BCUT2D eigenvalue weighted by Crippen LogP contribution is 2.41. The molecular formula is C27H22ClF4NO5S. The van der Waals surface area contributed by atoms with Crippen LogP contribution in [0.4, 0.5) is 23.2 Å². The third-order valence-corrected chi connectivity index (χ3v) is 8.24. The molecule has 0 saturated carbocycles. The highest BCUT2D eigenvalue weighted by molar-refractivity contribution is 7.92. The molecule has 0 spiro atoms. The normalized spacial score (nSPS) is 16.0. The van der Waals surface area contributed by atoms with Crippen molar-refractivity contribution in [3.63, 3.8) is 0 Å². The van der Waals surface area contributed by atoms with Crippen molar-refractivity contribution in [3.05, 3.63) is 88.2 Å². The highest BCUT2D eigenvalue weighted by atomic mass is 35.5. The molecule has 6 nitrogen and oxygen atoms in total. The lowest BCUT2D eigenvalue weighted by atomic mass is 10.0. The van der Waals surface area contributed by atoms with Gasteiger partial charge in [-0.3, -0.25) is 9.10 Å². The number of fused-ring (bicyclic) bond motifs is 1. The van der Waals surface area contributed by atoms with Crippen LogP contribution in [0.15, 0.2) is 65.6 Å². The van der Waals surface area contributed by atoms with E-state index in [1.165, 1.54) is 36.4 Å². The second kappa shape index (κ2) is 10.9. The maximum absolute atomic E-state index is 14.3. The van der Waals surface area contributed by atoms with Gasteiger partial charge in [-0.15, -0.1) is 0 Å². The monoisotopic (exact) mass is 583 g/mol. The van der Waals surface area contributed by atoms with Gasteiger partial charge in [-0.1, -0.05) is 29.8 Å². The van der Waals surface area contributed by atoms with Crippen LogP contribution < -0.4 is 9.04 Å². The maximum atomic E-state index is 14.3. The van der Waals surface area contributed by atoms with Gasteiger partial charge in [0.05, 0.1) is 27.7 Å². The van der Waals surface area contributed by atoms with Gasteiger partial charge < -0.3 is 9.84 Å². The van der Waals surface area contributed by atoms with E-state index in [0.29, 0.717) is 17.2 Å². The number of carbonyl (C=O) groups is 1. The second-order valence-electron chi connectivity index (χ2n) is 8.88. The molecule has 0 aromatic heterocycles. The Morgan fingerprint density at radius 1 is 1.15 bits per heavy atom. The number of hydrogen-bond donors (Lipinski definition) is 1. The molecule has 1 aliphatic heterocycles. The van der Waals surface area contributed by atoms with Crippen LogP contribution in [-0.4, -0.2) is 32.1 Å². The molecule has 0 bridgehead atoms. The van der Waals surface area contributed by atoms with Crippen LogP contribution in [0.5, 0.6) is 5.75 Å². The number of hydrogen-bond acceptors (Lipinski definition) is 4. The Labute approximate surface area is 227 Å². The largest absolute Gasteiger partial charge is 0.486 e. The lowest BCUT2D eigenvalue weighted by molar-refractivity contribution is -0.138. The van der Waals surface area contributed by atoms with Gasteiger partial charge in [-0.25, -0.2) is 12.8 Å². The number of rotatable bonds is 7. The molecule has 1 heterocycles. The number of halogens is 5. The molecule has 3 aromatic carbocycles. The quantitative estimate of drug-likeness (QED) is 0.242. The Balaban J connectivity index is 1.81. The van der Waals surface area contributed by atoms with E-state index in [0.717, 1.165) is 22.5 Å². The summed E-state index contributed by atoms with van der Waals surface area (Å²) in [5, 5.41) is 9.24. The third-order valence-electron chi connectivity index (χ3n) is 6.14. The zero-order chi connectivity index (χ0) is 28.5. The topological polar surface area (TPSA) is 83.9 Å². The zero-order valence-corrected chi connectivity index (χ0v) is 21.9. The van der Waals surface area contributed by atoms with E-state index >= 15 is 0 Å². The molecule has 0 amide bonds. The minimum absolute atomic E-state index is 0.0319. The van der Waals surface area contributed by atoms with Gasteiger partial charge in [0.1, 0.15) is 17.7 Å². The molecule has 1 N–H and O–H groups in total. The average Bonchev–Trinajstić information content (AvgIpc) is 2.88. The van der Waals surface area contributed by atoms with Gasteiger partial charge in [0.2, 0.25) is 0 Å². The van der Waals surface area contributed by atoms with Gasteiger partial charge in [0.15, 0.2) is 0 Å². The van der Waals surface area contributed by atoms with E-state index in [9.17, 15) is 30.8 Å². The summed E-state index contributed by atoms with van der Waals surface area (Å²) in [7, 11) is -4.54. The third kappa shape index (κ3) is 6.20. The van der Waals surface area contributed by atoms with Gasteiger partial charge >= 0.3 is 12.1 Å². The average molecular weight is 584 g/mol. The van der Waals surface area contributed by atoms with Crippen molar-refractivity contribution in [1.82, 2.24) is 0 Å². The first-order valence-electron chi connectivity index (χ1n) is 11.6. The SMILES string of the molecule is CC(=Cc1c(F)cccc1Cl)c1ccc2c(c1)N(S(=O)(=O)c1cccc(C(F)(F)F)c1)C[C@H](CCC(=O)O)O2. The molecule has 206 valence electrons. The van der Waals surface area contributed by atoms with Crippen LogP contribution in [0.2, 0.25) is 5.02 Å². The van der Waals surface area contributed by atoms with Gasteiger partial charge in [-0.05, 0) is 73.0 Å². The fraction of sp³-hybridized carbons (Fsp3) is 0.222. The van der Waals surface area contributed by atoms with E-state index in [2.05, 4.69) is 0 Å². The van der Waals surface area contributed by atoms with Crippen molar-refractivity contribution in [2.75, 3.05) is 10.8 Å². The van der Waals surface area contributed by atoms with Crippen LogP contribution in [0.3, 0.4) is 0 Å². The summed E-state index contributed by atoms with van der Waals surface area (Å²) in [5.74, 6) is -1.56. The lowest BCUT2D eigenvalue weighted by Gasteiger charge is -2.36. The number of benzene rings is 3. The fourth-order valence-corrected chi connectivity index (χ4v) is 5.89. The Morgan fingerprint density at radius 2 is 1.87 bits per heavy atom. The summed E-state index contributed by atoms with van der Waals surface area (Å²) in [6.07, 6.45) is -4.48. The standard InChI is InChI=1S/C27H22ClF4NO5S/c1-16(12-21-22(28)6-3-7-23(21)29)17-8-10-25-24(13-17)33(15-19(38-25)9-11-26(34)35)39(36,37)20-5-2-4-18(14-20)27(30,31)32/h2-8,10,12-14,19H,9,11,15H2,1H3,(H,34,35)/t19-/m0/s1. The molecule has 1 aliphatic rings. The van der Waals surface area contributed by atoms with E-state index in [1.54, 1.807) is 13.0 Å². The first-order valence-corrected chi connectivity index (χ1v) is 13.4. The Bertz CT molecular complexity index is 1540. The number of ether oxygens (including phenoxy) is 1. The number of anilines is 1. The van der Waals surface area contributed by atoms with Gasteiger partial charge in [0, 0.05) is 12.0 Å². The Kier molecular flexibility index (Phi) is 7.94. The first-order chi connectivity index (χ1) is 18.3. The van der Waals surface area contributed by atoms with E-state index < -0.39 is 44.5 Å². The number of alkyl halides is 3. The molecule has 0 unspecified atom stereocenters. The molecule has 1 atom stereocenters. The van der Waals surface area contributed by atoms with E-state index in [1.807, 2.05) is 0 Å². The van der Waals surface area contributed by atoms with E-state index in [-0.39, 0.29) is 41.4 Å². The number of carboxylic acids is 1. The van der Waals surface area contributed by atoms with Crippen molar-refractivity contribution in [2.45, 2.75) is 36.9 Å². The molecule has 0 saturated heterocycles. The molecule has 3 aromatic rings. The Hall–Kier alpha value is -3.57. The fourth-order valence-electron chi connectivity index (χ4n) is 4.13. The van der Waals surface area contributed by atoms with E-state index in [4.69, 9.17) is 21.4 Å². The zero-order valence-electron chi connectivity index (χ0n) is 20.4. The van der Waals surface area contributed by atoms with Crippen molar-refractivity contribution in [2.24, 2.45) is 0 Å². The molecule has 0 aliphatic carbocycles.